The summed E-state index contributed by atoms with van der Waals surface area (Å²) in [5.74, 6) is -0.361. The minimum atomic E-state index is -0.737. The van der Waals surface area contributed by atoms with Gasteiger partial charge in [-0.15, -0.1) is 12.4 Å². The number of amides is 1. The lowest BCUT2D eigenvalue weighted by atomic mass is 9.83. The van der Waals surface area contributed by atoms with Gasteiger partial charge in [-0.1, -0.05) is 12.1 Å². The van der Waals surface area contributed by atoms with Crippen molar-refractivity contribution in [2.24, 2.45) is 0 Å². The van der Waals surface area contributed by atoms with E-state index in [9.17, 15) is 9.18 Å². The van der Waals surface area contributed by atoms with Gasteiger partial charge in [0.15, 0.2) is 0 Å². The first-order valence-corrected chi connectivity index (χ1v) is 7.21. The van der Waals surface area contributed by atoms with Gasteiger partial charge in [-0.2, -0.15) is 0 Å². The van der Waals surface area contributed by atoms with Crippen molar-refractivity contribution in [3.8, 4) is 0 Å². The van der Waals surface area contributed by atoms with Gasteiger partial charge in [0.25, 0.3) is 0 Å². The summed E-state index contributed by atoms with van der Waals surface area (Å²) in [4.78, 5) is 12.5. The highest BCUT2D eigenvalue weighted by Gasteiger charge is 2.33. The molecule has 5 heteroatoms. The van der Waals surface area contributed by atoms with Crippen LogP contribution in [0.4, 0.5) is 4.39 Å². The molecule has 1 aromatic rings. The number of piperidine rings is 1. The molecule has 1 aliphatic rings. The van der Waals surface area contributed by atoms with Crippen LogP contribution in [0, 0.1) is 5.82 Å². The van der Waals surface area contributed by atoms with Crippen molar-refractivity contribution >= 4 is 18.3 Å². The van der Waals surface area contributed by atoms with Crippen molar-refractivity contribution < 1.29 is 9.18 Å². The van der Waals surface area contributed by atoms with Gasteiger partial charge in [-0.05, 0) is 57.9 Å². The zero-order chi connectivity index (χ0) is 14.8. The van der Waals surface area contributed by atoms with Crippen molar-refractivity contribution in [1.82, 2.24) is 10.6 Å². The molecule has 2 N–H and O–H groups in total. The predicted octanol–water partition coefficient (Wildman–Crippen LogP) is 2.78. The Hall–Kier alpha value is -1.13. The minimum absolute atomic E-state index is 0. The number of halogens is 2. The molecular weight excluding hydrogens is 291 g/mol. The monoisotopic (exact) mass is 314 g/mol. The number of rotatable bonds is 3. The summed E-state index contributed by atoms with van der Waals surface area (Å²) < 4.78 is 13.3. The van der Waals surface area contributed by atoms with Crippen molar-refractivity contribution in [2.75, 3.05) is 6.54 Å². The third kappa shape index (κ3) is 4.17. The van der Waals surface area contributed by atoms with Crippen LogP contribution in [-0.2, 0) is 10.2 Å². The Morgan fingerprint density at radius 1 is 1.43 bits per heavy atom. The van der Waals surface area contributed by atoms with E-state index in [4.69, 9.17) is 0 Å². The highest BCUT2D eigenvalue weighted by Crippen LogP contribution is 2.24. The first-order valence-electron chi connectivity index (χ1n) is 7.21. The molecule has 21 heavy (non-hydrogen) atoms. The maximum atomic E-state index is 13.3. The van der Waals surface area contributed by atoms with Crippen LogP contribution in [0.2, 0.25) is 0 Å². The highest BCUT2D eigenvalue weighted by molar-refractivity contribution is 5.87. The molecule has 2 atom stereocenters. The van der Waals surface area contributed by atoms with Crippen LogP contribution in [0.25, 0.3) is 0 Å². The molecule has 0 aromatic heterocycles. The molecule has 0 radical (unpaired) electrons. The summed E-state index contributed by atoms with van der Waals surface area (Å²) in [5, 5.41) is 6.47. The van der Waals surface area contributed by atoms with Gasteiger partial charge in [0, 0.05) is 12.1 Å². The largest absolute Gasteiger partial charge is 0.351 e. The lowest BCUT2D eigenvalue weighted by Gasteiger charge is -2.34. The summed E-state index contributed by atoms with van der Waals surface area (Å²) in [6, 6.07) is 6.68. The first kappa shape index (κ1) is 17.9. The average molecular weight is 315 g/mol. The number of hydrogen-bond donors (Lipinski definition) is 2. The fourth-order valence-electron chi connectivity index (χ4n) is 2.60. The Labute approximate surface area is 132 Å². The van der Waals surface area contributed by atoms with E-state index in [1.807, 2.05) is 13.8 Å². The summed E-state index contributed by atoms with van der Waals surface area (Å²) in [6.07, 6.45) is 2.05. The van der Waals surface area contributed by atoms with Gasteiger partial charge >= 0.3 is 0 Å². The smallest absolute Gasteiger partial charge is 0.230 e. The lowest BCUT2D eigenvalue weighted by molar-refractivity contribution is -0.126. The molecule has 1 heterocycles. The third-order valence-electron chi connectivity index (χ3n) is 4.19. The van der Waals surface area contributed by atoms with Crippen LogP contribution in [0.1, 0.15) is 39.2 Å². The summed E-state index contributed by atoms with van der Waals surface area (Å²) in [6.45, 7) is 6.75. The SMILES string of the molecule is CC1NCCCC1NC(=O)C(C)(C)c1cccc(F)c1.Cl. The summed E-state index contributed by atoms with van der Waals surface area (Å²) in [7, 11) is 0. The zero-order valence-electron chi connectivity index (χ0n) is 12.8. The Morgan fingerprint density at radius 2 is 2.14 bits per heavy atom. The van der Waals surface area contributed by atoms with E-state index in [-0.39, 0.29) is 36.2 Å². The molecule has 118 valence electrons. The van der Waals surface area contributed by atoms with Crippen LogP contribution in [-0.4, -0.2) is 24.5 Å². The Bertz CT molecular complexity index is 493. The van der Waals surface area contributed by atoms with Gasteiger partial charge in [-0.3, -0.25) is 4.79 Å². The van der Waals surface area contributed by atoms with Crippen LogP contribution in [0.15, 0.2) is 24.3 Å². The summed E-state index contributed by atoms with van der Waals surface area (Å²) in [5.41, 5.74) is -0.0364. The molecule has 0 aliphatic carbocycles. The van der Waals surface area contributed by atoms with Gasteiger partial charge in [0.2, 0.25) is 5.91 Å². The molecule has 2 rings (SSSR count). The van der Waals surface area contributed by atoms with Gasteiger partial charge in [0.1, 0.15) is 5.82 Å². The standard InChI is InChI=1S/C16H23FN2O.ClH/c1-11-14(8-5-9-18-11)19-15(20)16(2,3)12-6-4-7-13(17)10-12;/h4,6-7,10-11,14,18H,5,8-9H2,1-3H3,(H,19,20);1H. The van der Waals surface area contributed by atoms with Crippen LogP contribution >= 0.6 is 12.4 Å². The average Bonchev–Trinajstić information content (AvgIpc) is 2.41. The quantitative estimate of drug-likeness (QED) is 0.901. The second kappa shape index (κ2) is 7.23. The molecule has 3 nitrogen and oxygen atoms in total. The van der Waals surface area contributed by atoms with Crippen molar-refractivity contribution in [3.63, 3.8) is 0 Å². The van der Waals surface area contributed by atoms with E-state index in [2.05, 4.69) is 17.6 Å². The zero-order valence-corrected chi connectivity index (χ0v) is 13.6. The number of benzene rings is 1. The Kier molecular flexibility index (Phi) is 6.17. The van der Waals surface area contributed by atoms with E-state index < -0.39 is 5.41 Å². The number of carbonyl (C=O) groups excluding carboxylic acids is 1. The highest BCUT2D eigenvalue weighted by atomic mass is 35.5. The molecule has 0 bridgehead atoms. The van der Waals surface area contributed by atoms with E-state index in [0.29, 0.717) is 5.56 Å². The van der Waals surface area contributed by atoms with Gasteiger partial charge in [-0.25, -0.2) is 4.39 Å². The van der Waals surface area contributed by atoms with Crippen molar-refractivity contribution in [2.45, 2.75) is 51.1 Å². The van der Waals surface area contributed by atoms with E-state index in [1.165, 1.54) is 12.1 Å². The number of carbonyl (C=O) groups is 1. The molecule has 2 unspecified atom stereocenters. The Morgan fingerprint density at radius 3 is 2.76 bits per heavy atom. The lowest BCUT2D eigenvalue weighted by Crippen LogP contribution is -2.55. The van der Waals surface area contributed by atoms with Gasteiger partial charge in [0.05, 0.1) is 5.41 Å². The number of nitrogens with one attached hydrogen (secondary N) is 2. The molecule has 1 fully saturated rings. The minimum Gasteiger partial charge on any atom is -0.351 e. The van der Waals surface area contributed by atoms with Crippen LogP contribution < -0.4 is 10.6 Å². The summed E-state index contributed by atoms with van der Waals surface area (Å²) >= 11 is 0. The van der Waals surface area contributed by atoms with E-state index in [0.717, 1.165) is 19.4 Å². The Balaban J connectivity index is 0.00000220. The van der Waals surface area contributed by atoms with Gasteiger partial charge < -0.3 is 10.6 Å². The molecule has 1 saturated heterocycles. The maximum Gasteiger partial charge on any atom is 0.230 e. The first-order chi connectivity index (χ1) is 9.41. The molecule has 1 amide bonds. The fourth-order valence-corrected chi connectivity index (χ4v) is 2.60. The molecule has 0 saturated carbocycles. The molecule has 1 aliphatic heterocycles. The normalized spacial score (nSPS) is 22.3. The second-order valence-electron chi connectivity index (χ2n) is 6.10. The molecule has 0 spiro atoms. The van der Waals surface area contributed by atoms with Crippen molar-refractivity contribution in [3.05, 3.63) is 35.6 Å². The number of hydrogen-bond acceptors (Lipinski definition) is 2. The topological polar surface area (TPSA) is 41.1 Å². The molecular formula is C16H24ClFN2O. The molecule has 1 aromatic carbocycles. The van der Waals surface area contributed by atoms with Crippen molar-refractivity contribution in [1.29, 1.82) is 0 Å². The fraction of sp³-hybridized carbons (Fsp3) is 0.562. The third-order valence-corrected chi connectivity index (χ3v) is 4.19. The van der Waals surface area contributed by atoms with E-state index >= 15 is 0 Å². The van der Waals surface area contributed by atoms with Crippen LogP contribution in [0.3, 0.4) is 0 Å². The maximum absolute atomic E-state index is 13.3. The second-order valence-corrected chi connectivity index (χ2v) is 6.10. The predicted molar refractivity (Wildman–Crippen MR) is 85.3 cm³/mol. The van der Waals surface area contributed by atoms with E-state index in [1.54, 1.807) is 12.1 Å². The van der Waals surface area contributed by atoms with Crippen LogP contribution in [0.5, 0.6) is 0 Å².